The number of benzene rings is 2. The van der Waals surface area contributed by atoms with Crippen molar-refractivity contribution >= 4 is 56.3 Å². The van der Waals surface area contributed by atoms with E-state index in [-0.39, 0.29) is 38.5 Å². The monoisotopic (exact) mass is 760 g/mol. The highest BCUT2D eigenvalue weighted by Crippen LogP contribution is 2.52. The third-order valence-corrected chi connectivity index (χ3v) is 13.9. The molecule has 0 unspecified atom stereocenters. The normalized spacial score (nSPS) is 18.8. The third-order valence-electron chi connectivity index (χ3n) is 11.1. The molecule has 7 rings (SSSR count). The highest BCUT2D eigenvalue weighted by molar-refractivity contribution is 7.16. The zero-order chi connectivity index (χ0) is 38.7. The first-order chi connectivity index (χ1) is 24.7. The number of carboxylic acid groups (broad SMARTS) is 2. The SMILES string of the molecule is CC1(C)CCC(C)(C)c2sc(Nc3ccc(C(=O)O)cc3O)nc21.COc1cc(C(=O)O)ccc1N(CC1CC1)c1nc2c(s1)C(C)(C)CCC2(C)C. The van der Waals surface area contributed by atoms with Crippen LogP contribution in [0.2, 0.25) is 0 Å². The number of anilines is 4. The highest BCUT2D eigenvalue weighted by atomic mass is 32.1. The Labute approximate surface area is 320 Å². The van der Waals surface area contributed by atoms with Crippen molar-refractivity contribution in [3.8, 4) is 11.5 Å². The number of aromatic hydroxyl groups is 1. The van der Waals surface area contributed by atoms with Gasteiger partial charge in [-0.25, -0.2) is 19.6 Å². The molecule has 0 atom stereocenters. The lowest BCUT2D eigenvalue weighted by molar-refractivity contribution is 0.0686. The van der Waals surface area contributed by atoms with Gasteiger partial charge in [-0.3, -0.25) is 0 Å². The minimum absolute atomic E-state index is 0.0382. The Morgan fingerprint density at radius 2 is 1.32 bits per heavy atom. The number of thiazole rings is 2. The molecule has 2 aromatic carbocycles. The van der Waals surface area contributed by atoms with Gasteiger partial charge in [0.25, 0.3) is 0 Å². The van der Waals surface area contributed by atoms with Gasteiger partial charge in [0, 0.05) is 38.0 Å². The summed E-state index contributed by atoms with van der Waals surface area (Å²) in [7, 11) is 1.60. The van der Waals surface area contributed by atoms with Gasteiger partial charge in [0.2, 0.25) is 0 Å². The number of methoxy groups -OCH3 is 1. The molecule has 4 N–H and O–H groups in total. The number of aromatic carboxylic acids is 2. The summed E-state index contributed by atoms with van der Waals surface area (Å²) >= 11 is 3.40. The number of hydrogen-bond acceptors (Lipinski definition) is 10. The van der Waals surface area contributed by atoms with Crippen LogP contribution in [0.5, 0.6) is 11.5 Å². The molecule has 3 aliphatic carbocycles. The van der Waals surface area contributed by atoms with Crippen LogP contribution < -0.4 is 15.0 Å². The number of hydrogen-bond donors (Lipinski definition) is 4. The van der Waals surface area contributed by atoms with Crippen molar-refractivity contribution in [2.75, 3.05) is 23.9 Å². The van der Waals surface area contributed by atoms with Crippen LogP contribution in [-0.4, -0.2) is 50.9 Å². The van der Waals surface area contributed by atoms with Crippen molar-refractivity contribution in [2.45, 2.75) is 116 Å². The second kappa shape index (κ2) is 13.9. The number of nitrogens with one attached hydrogen (secondary N) is 1. The number of nitrogens with zero attached hydrogens (tertiary/aromatic N) is 3. The lowest BCUT2D eigenvalue weighted by atomic mass is 9.69. The molecule has 0 amide bonds. The molecular formula is C41H52N4O6S2. The van der Waals surface area contributed by atoms with E-state index >= 15 is 0 Å². The zero-order valence-electron chi connectivity index (χ0n) is 32.2. The van der Waals surface area contributed by atoms with E-state index in [0.717, 1.165) is 53.9 Å². The predicted octanol–water partition coefficient (Wildman–Crippen LogP) is 10.4. The number of phenols is 1. The summed E-state index contributed by atoms with van der Waals surface area (Å²) in [6.45, 7) is 19.0. The second-order valence-electron chi connectivity index (χ2n) is 17.3. The molecule has 1 fully saturated rings. The fourth-order valence-electron chi connectivity index (χ4n) is 7.10. The number of rotatable bonds is 9. The van der Waals surface area contributed by atoms with Crippen molar-refractivity contribution in [1.82, 2.24) is 9.97 Å². The molecule has 1 saturated carbocycles. The Morgan fingerprint density at radius 1 is 0.792 bits per heavy atom. The fourth-order valence-corrected chi connectivity index (χ4v) is 9.79. The van der Waals surface area contributed by atoms with Gasteiger partial charge in [-0.05, 0) is 80.8 Å². The quantitative estimate of drug-likeness (QED) is 0.122. The molecular weight excluding hydrogens is 709 g/mol. The minimum Gasteiger partial charge on any atom is -0.506 e. The van der Waals surface area contributed by atoms with Crippen LogP contribution in [0.3, 0.4) is 0 Å². The molecule has 4 aromatic rings. The van der Waals surface area contributed by atoms with Gasteiger partial charge in [-0.1, -0.05) is 55.4 Å². The summed E-state index contributed by atoms with van der Waals surface area (Å²) in [6, 6.07) is 9.40. The van der Waals surface area contributed by atoms with E-state index in [4.69, 9.17) is 19.8 Å². The standard InChI is InChI=1S/C23H30N2O3S.C18H22N2O3S/c1-22(2)10-11-23(3,4)19-18(22)24-21(29-19)25(13-14-6-7-14)16-9-8-15(20(26)27)12-17(16)28-5;1-17(2)7-8-18(3,4)14-13(17)20-16(24-14)19-11-6-5-10(15(22)23)9-12(11)21/h8-9,12,14H,6-7,10-11,13H2,1-5H3,(H,26,27);5-6,9,21H,7-8H2,1-4H3,(H,19,20)(H,22,23). The molecule has 0 radical (unpaired) electrons. The van der Waals surface area contributed by atoms with Gasteiger partial charge in [0.1, 0.15) is 11.5 Å². The van der Waals surface area contributed by atoms with Crippen molar-refractivity contribution < 1.29 is 29.6 Å². The molecule has 53 heavy (non-hydrogen) atoms. The van der Waals surface area contributed by atoms with Gasteiger partial charge < -0.3 is 30.3 Å². The molecule has 0 saturated heterocycles. The van der Waals surface area contributed by atoms with Crippen LogP contribution in [0.4, 0.5) is 21.6 Å². The Morgan fingerprint density at radius 3 is 1.83 bits per heavy atom. The number of carbonyl (C=O) groups is 2. The molecule has 0 bridgehead atoms. The summed E-state index contributed by atoms with van der Waals surface area (Å²) < 4.78 is 5.60. The molecule has 0 aliphatic heterocycles. The van der Waals surface area contributed by atoms with Crippen LogP contribution in [0, 0.1) is 5.92 Å². The van der Waals surface area contributed by atoms with E-state index < -0.39 is 11.9 Å². The summed E-state index contributed by atoms with van der Waals surface area (Å²) in [4.78, 5) is 37.2. The predicted molar refractivity (Wildman–Crippen MR) is 213 cm³/mol. The maximum Gasteiger partial charge on any atom is 0.335 e. The van der Waals surface area contributed by atoms with Crippen molar-refractivity contribution in [1.29, 1.82) is 0 Å². The van der Waals surface area contributed by atoms with Crippen LogP contribution >= 0.6 is 22.7 Å². The Hall–Kier alpha value is -4.16. The van der Waals surface area contributed by atoms with Gasteiger partial charge in [0.05, 0.1) is 41.0 Å². The molecule has 10 nitrogen and oxygen atoms in total. The molecule has 0 spiro atoms. The van der Waals surface area contributed by atoms with Crippen molar-refractivity contribution in [3.63, 3.8) is 0 Å². The summed E-state index contributed by atoms with van der Waals surface area (Å²) in [6.07, 6.45) is 6.97. The molecule has 2 heterocycles. The summed E-state index contributed by atoms with van der Waals surface area (Å²) in [5, 5.41) is 33.2. The van der Waals surface area contributed by atoms with Crippen molar-refractivity contribution in [2.24, 2.45) is 5.92 Å². The topological polar surface area (TPSA) is 145 Å². The zero-order valence-corrected chi connectivity index (χ0v) is 33.8. The number of phenolic OH excluding ortho intramolecular Hbond substituents is 1. The van der Waals surface area contributed by atoms with E-state index in [1.165, 1.54) is 40.4 Å². The third kappa shape index (κ3) is 7.90. The maximum atomic E-state index is 11.4. The minimum atomic E-state index is -1.06. The van der Waals surface area contributed by atoms with Crippen LogP contribution in [0.15, 0.2) is 36.4 Å². The number of aromatic nitrogens is 2. The van der Waals surface area contributed by atoms with E-state index in [1.54, 1.807) is 48.0 Å². The lowest BCUT2D eigenvalue weighted by Crippen LogP contribution is -2.32. The van der Waals surface area contributed by atoms with Gasteiger partial charge in [0.15, 0.2) is 10.3 Å². The van der Waals surface area contributed by atoms with Crippen LogP contribution in [0.25, 0.3) is 0 Å². The molecule has 3 aliphatic rings. The Bertz CT molecular complexity index is 1970. The van der Waals surface area contributed by atoms with E-state index in [2.05, 4.69) is 65.6 Å². The van der Waals surface area contributed by atoms with Crippen molar-refractivity contribution in [3.05, 3.63) is 68.7 Å². The second-order valence-corrected chi connectivity index (χ2v) is 19.3. The van der Waals surface area contributed by atoms with E-state index in [9.17, 15) is 19.8 Å². The van der Waals surface area contributed by atoms with Gasteiger partial charge >= 0.3 is 11.9 Å². The number of fused-ring (bicyclic) bond motifs is 2. The summed E-state index contributed by atoms with van der Waals surface area (Å²) in [5.41, 5.74) is 4.31. The smallest absolute Gasteiger partial charge is 0.335 e. The maximum absolute atomic E-state index is 11.4. The first kappa shape index (κ1) is 38.6. The lowest BCUT2D eigenvalue weighted by Gasteiger charge is -2.37. The largest absolute Gasteiger partial charge is 0.506 e. The fraction of sp³-hybridized carbons (Fsp3) is 0.512. The molecule has 2 aromatic heterocycles. The number of carboxylic acids is 2. The van der Waals surface area contributed by atoms with Gasteiger partial charge in [-0.15, -0.1) is 22.7 Å². The van der Waals surface area contributed by atoms with Crippen LogP contribution in [-0.2, 0) is 21.7 Å². The Kier molecular flexibility index (Phi) is 10.1. The average molecular weight is 761 g/mol. The van der Waals surface area contributed by atoms with E-state index in [1.807, 2.05) is 6.07 Å². The average Bonchev–Trinajstić information content (AvgIpc) is 3.58. The van der Waals surface area contributed by atoms with Gasteiger partial charge in [-0.2, -0.15) is 0 Å². The first-order valence-electron chi connectivity index (χ1n) is 18.3. The van der Waals surface area contributed by atoms with Crippen LogP contribution in [0.1, 0.15) is 136 Å². The first-order valence-corrected chi connectivity index (χ1v) is 19.9. The molecule has 284 valence electrons. The number of ether oxygens (including phenoxy) is 1. The summed E-state index contributed by atoms with van der Waals surface area (Å²) in [5.74, 6) is -0.874. The Balaban J connectivity index is 0.000000185. The van der Waals surface area contributed by atoms with E-state index in [0.29, 0.717) is 17.4 Å². The molecule has 12 heteroatoms. The highest BCUT2D eigenvalue weighted by Gasteiger charge is 2.42.